The van der Waals surface area contributed by atoms with Gasteiger partial charge in [-0.25, -0.2) is 4.79 Å². The van der Waals surface area contributed by atoms with Crippen LogP contribution < -0.4 is 9.64 Å². The molecule has 6 nitrogen and oxygen atoms in total. The molecule has 0 amide bonds. The lowest BCUT2D eigenvalue weighted by Gasteiger charge is -2.43. The van der Waals surface area contributed by atoms with Crippen LogP contribution in [0.3, 0.4) is 0 Å². The van der Waals surface area contributed by atoms with Crippen LogP contribution in [-0.4, -0.2) is 35.0 Å². The monoisotopic (exact) mass is 562 g/mol. The number of halogens is 3. The fraction of sp³-hybridized carbons (Fsp3) is 0.207. The van der Waals surface area contributed by atoms with Crippen molar-refractivity contribution < 1.29 is 9.53 Å². The first-order chi connectivity index (χ1) is 18.3. The van der Waals surface area contributed by atoms with E-state index in [4.69, 9.17) is 39.5 Å². The molecule has 0 unspecified atom stereocenters. The van der Waals surface area contributed by atoms with Crippen LogP contribution in [0.1, 0.15) is 40.0 Å². The molecular formula is C29H21Cl3N4O2. The molecule has 38 heavy (non-hydrogen) atoms. The van der Waals surface area contributed by atoms with Crippen molar-refractivity contribution in [2.75, 3.05) is 18.0 Å². The van der Waals surface area contributed by atoms with Gasteiger partial charge in [-0.2, -0.15) is 5.26 Å². The first-order valence-electron chi connectivity index (χ1n) is 12.1. The molecule has 0 N–H and O–H groups in total. The van der Waals surface area contributed by atoms with Crippen molar-refractivity contribution in [2.45, 2.75) is 25.6 Å². The molecule has 9 heteroatoms. The Bertz CT molecular complexity index is 1630. The standard InChI is InChI=1S/C29H21Cl3N4O2/c1-16-13-35(25-7-5-18(12-33)27-22(25)3-2-8-34-27)15-26-21-6-4-17(9-19(21)14-36(16)26)29(37)38-28-23(31)10-20(30)11-24(28)32/h2-11,16,26H,13-15H2,1H3/t16-,26-/m1/s1. The Morgan fingerprint density at radius 3 is 2.63 bits per heavy atom. The second-order valence-electron chi connectivity index (χ2n) is 9.59. The van der Waals surface area contributed by atoms with Gasteiger partial charge in [0.2, 0.25) is 0 Å². The fourth-order valence-electron chi connectivity index (χ4n) is 5.55. The zero-order chi connectivity index (χ0) is 26.6. The lowest BCUT2D eigenvalue weighted by molar-refractivity contribution is 0.0735. The molecule has 3 heterocycles. The third kappa shape index (κ3) is 4.26. The van der Waals surface area contributed by atoms with Crippen LogP contribution in [0.5, 0.6) is 5.75 Å². The van der Waals surface area contributed by atoms with Crippen molar-refractivity contribution in [1.82, 2.24) is 9.88 Å². The van der Waals surface area contributed by atoms with Gasteiger partial charge in [-0.05, 0) is 66.6 Å². The summed E-state index contributed by atoms with van der Waals surface area (Å²) in [6.45, 7) is 4.58. The zero-order valence-corrected chi connectivity index (χ0v) is 22.6. The molecule has 0 radical (unpaired) electrons. The van der Waals surface area contributed by atoms with Gasteiger partial charge < -0.3 is 9.64 Å². The van der Waals surface area contributed by atoms with Crippen molar-refractivity contribution in [3.63, 3.8) is 0 Å². The Labute approximate surface area is 234 Å². The average Bonchev–Trinajstić information content (AvgIpc) is 3.28. The van der Waals surface area contributed by atoms with E-state index in [-0.39, 0.29) is 27.9 Å². The van der Waals surface area contributed by atoms with Gasteiger partial charge in [0.15, 0.2) is 5.75 Å². The van der Waals surface area contributed by atoms with Crippen molar-refractivity contribution >= 4 is 57.4 Å². The third-order valence-electron chi connectivity index (χ3n) is 7.30. The lowest BCUT2D eigenvalue weighted by atomic mass is 9.98. The maximum absolute atomic E-state index is 13.0. The molecule has 1 fully saturated rings. The minimum absolute atomic E-state index is 0.0917. The molecule has 3 aromatic carbocycles. The van der Waals surface area contributed by atoms with E-state index < -0.39 is 5.97 Å². The number of ether oxygens (including phenoxy) is 1. The summed E-state index contributed by atoms with van der Waals surface area (Å²) >= 11 is 18.4. The predicted molar refractivity (Wildman–Crippen MR) is 149 cm³/mol. The molecule has 0 aliphatic carbocycles. The summed E-state index contributed by atoms with van der Waals surface area (Å²) in [6.07, 6.45) is 1.72. The Hall–Kier alpha value is -3.34. The molecule has 0 bridgehead atoms. The minimum Gasteiger partial charge on any atom is -0.420 e. The summed E-state index contributed by atoms with van der Waals surface area (Å²) in [5, 5.41) is 11.2. The molecule has 1 aromatic heterocycles. The number of benzene rings is 3. The smallest absolute Gasteiger partial charge is 0.343 e. The number of pyridine rings is 1. The lowest BCUT2D eigenvalue weighted by Crippen LogP contribution is -2.51. The average molecular weight is 564 g/mol. The van der Waals surface area contributed by atoms with Gasteiger partial charge in [0, 0.05) is 48.0 Å². The Kier molecular flexibility index (Phi) is 6.41. The van der Waals surface area contributed by atoms with Crippen LogP contribution in [0.25, 0.3) is 10.9 Å². The summed E-state index contributed by atoms with van der Waals surface area (Å²) in [4.78, 5) is 22.3. The van der Waals surface area contributed by atoms with Gasteiger partial charge in [0.25, 0.3) is 0 Å². The van der Waals surface area contributed by atoms with E-state index in [1.54, 1.807) is 12.3 Å². The highest BCUT2D eigenvalue weighted by Crippen LogP contribution is 2.42. The second-order valence-corrected chi connectivity index (χ2v) is 10.8. The highest BCUT2D eigenvalue weighted by Gasteiger charge is 2.39. The van der Waals surface area contributed by atoms with Crippen LogP contribution in [-0.2, 0) is 6.54 Å². The summed E-state index contributed by atoms with van der Waals surface area (Å²) < 4.78 is 5.54. The van der Waals surface area contributed by atoms with E-state index in [0.717, 1.165) is 41.8 Å². The number of esters is 1. The first kappa shape index (κ1) is 25.0. The topological polar surface area (TPSA) is 69.5 Å². The molecule has 0 spiro atoms. The molecule has 6 rings (SSSR count). The van der Waals surface area contributed by atoms with Gasteiger partial charge in [-0.15, -0.1) is 0 Å². The van der Waals surface area contributed by atoms with Gasteiger partial charge >= 0.3 is 5.97 Å². The first-order valence-corrected chi connectivity index (χ1v) is 13.3. The Morgan fingerprint density at radius 1 is 1.08 bits per heavy atom. The number of aromatic nitrogens is 1. The quantitative estimate of drug-likeness (QED) is 0.196. The van der Waals surface area contributed by atoms with Crippen molar-refractivity contribution in [2.24, 2.45) is 0 Å². The maximum atomic E-state index is 13.0. The molecule has 4 aromatic rings. The van der Waals surface area contributed by atoms with Crippen LogP contribution in [0, 0.1) is 11.3 Å². The number of nitriles is 1. The normalized spacial score (nSPS) is 18.7. The molecule has 2 atom stereocenters. The van der Waals surface area contributed by atoms with Crippen molar-refractivity contribution in [3.8, 4) is 11.8 Å². The van der Waals surface area contributed by atoms with Gasteiger partial charge in [0.1, 0.15) is 6.07 Å². The van der Waals surface area contributed by atoms with E-state index in [1.807, 2.05) is 36.4 Å². The Morgan fingerprint density at radius 2 is 1.87 bits per heavy atom. The predicted octanol–water partition coefficient (Wildman–Crippen LogP) is 7.05. The van der Waals surface area contributed by atoms with E-state index in [0.29, 0.717) is 16.1 Å². The summed E-state index contributed by atoms with van der Waals surface area (Å²) in [5.74, 6) is -0.441. The van der Waals surface area contributed by atoms with E-state index >= 15 is 0 Å². The highest BCUT2D eigenvalue weighted by molar-refractivity contribution is 6.40. The number of anilines is 1. The summed E-state index contributed by atoms with van der Waals surface area (Å²) in [6, 6.07) is 19.1. The zero-order valence-electron chi connectivity index (χ0n) is 20.3. The van der Waals surface area contributed by atoms with Crippen molar-refractivity contribution in [1.29, 1.82) is 5.26 Å². The van der Waals surface area contributed by atoms with E-state index in [1.165, 1.54) is 17.7 Å². The third-order valence-corrected chi connectivity index (χ3v) is 8.08. The number of fused-ring (bicyclic) bond motifs is 4. The maximum Gasteiger partial charge on any atom is 0.343 e. The van der Waals surface area contributed by atoms with E-state index in [2.05, 4.69) is 27.8 Å². The minimum atomic E-state index is -0.532. The van der Waals surface area contributed by atoms with Crippen LogP contribution in [0.2, 0.25) is 15.1 Å². The van der Waals surface area contributed by atoms with Gasteiger partial charge in [0.05, 0.1) is 32.7 Å². The van der Waals surface area contributed by atoms with Gasteiger partial charge in [-0.3, -0.25) is 9.88 Å². The van der Waals surface area contributed by atoms with E-state index in [9.17, 15) is 10.1 Å². The molecule has 190 valence electrons. The number of rotatable bonds is 3. The summed E-state index contributed by atoms with van der Waals surface area (Å²) in [5.41, 5.74) is 5.08. The fourth-order valence-corrected chi connectivity index (χ4v) is 6.45. The second kappa shape index (κ2) is 9.76. The molecule has 0 saturated carbocycles. The molecule has 2 aliphatic heterocycles. The highest BCUT2D eigenvalue weighted by atomic mass is 35.5. The van der Waals surface area contributed by atoms with Crippen molar-refractivity contribution in [3.05, 3.63) is 98.1 Å². The van der Waals surface area contributed by atoms with Crippen LogP contribution >= 0.6 is 34.8 Å². The SMILES string of the molecule is C[C@@H]1CN(c2ccc(C#N)c3ncccc23)C[C@@H]2c3ccc(C(=O)Oc4c(Cl)cc(Cl)cc4Cl)cc3CN12. The number of piperazine rings is 1. The largest absolute Gasteiger partial charge is 0.420 e. The molecule has 2 aliphatic rings. The van der Waals surface area contributed by atoms with Crippen LogP contribution in [0.15, 0.2) is 60.8 Å². The number of carbonyl (C=O) groups excluding carboxylic acids is 1. The molecule has 1 saturated heterocycles. The van der Waals surface area contributed by atoms with Gasteiger partial charge in [-0.1, -0.05) is 40.9 Å². The number of hydrogen-bond donors (Lipinski definition) is 0. The molecular weight excluding hydrogens is 543 g/mol. The number of carbonyl (C=O) groups is 1. The Balaban J connectivity index is 1.28. The van der Waals surface area contributed by atoms with Crippen LogP contribution in [0.4, 0.5) is 5.69 Å². The number of hydrogen-bond acceptors (Lipinski definition) is 6. The summed E-state index contributed by atoms with van der Waals surface area (Å²) in [7, 11) is 0. The number of nitrogens with zero attached hydrogens (tertiary/aromatic N) is 4.